The molecule has 7 nitrogen and oxygen atoms in total. The zero-order chi connectivity index (χ0) is 15.6. The number of nitrogens with zero attached hydrogens (tertiary/aromatic N) is 3. The van der Waals surface area contributed by atoms with Crippen LogP contribution in [-0.4, -0.2) is 52.2 Å². The number of nitrogens with one attached hydrogen (secondary N) is 2. The first kappa shape index (κ1) is 15.2. The monoisotopic (exact) mass is 291 g/mol. The number of carbonyl (C=O) groups excluding carboxylic acids is 1. The maximum absolute atomic E-state index is 11.8. The van der Waals surface area contributed by atoms with Gasteiger partial charge in [-0.15, -0.1) is 0 Å². The van der Waals surface area contributed by atoms with Gasteiger partial charge in [0, 0.05) is 20.6 Å². The molecular formula is C14H21N5O2. The van der Waals surface area contributed by atoms with Gasteiger partial charge >= 0.3 is 0 Å². The summed E-state index contributed by atoms with van der Waals surface area (Å²) in [5.41, 5.74) is 0.462. The highest BCUT2D eigenvalue weighted by atomic mass is 16.3. The van der Waals surface area contributed by atoms with E-state index in [2.05, 4.69) is 20.3 Å². The molecule has 114 valence electrons. The molecule has 21 heavy (non-hydrogen) atoms. The Morgan fingerprint density at radius 3 is 2.71 bits per heavy atom. The van der Waals surface area contributed by atoms with Gasteiger partial charge in [-0.2, -0.15) is 0 Å². The van der Waals surface area contributed by atoms with Gasteiger partial charge < -0.3 is 20.3 Å². The number of carbonyl (C=O) groups is 1. The molecule has 0 unspecified atom stereocenters. The number of aromatic nitrogens is 3. The standard InChI is InChI=1S/C14H21N5O2/c1-14(2,21)8-15-12(20)7-10-16-9-5-6-11(19(3)4)18-13(9)17-10/h5-6,21H,7-8H2,1-4H3,(H,15,20)(H,16,17,18). The van der Waals surface area contributed by atoms with Crippen molar-refractivity contribution in [2.75, 3.05) is 25.5 Å². The van der Waals surface area contributed by atoms with Gasteiger partial charge in [0.15, 0.2) is 5.65 Å². The van der Waals surface area contributed by atoms with Crippen LogP contribution in [0.3, 0.4) is 0 Å². The molecule has 0 radical (unpaired) electrons. The Morgan fingerprint density at radius 1 is 1.38 bits per heavy atom. The van der Waals surface area contributed by atoms with Crippen LogP contribution >= 0.6 is 0 Å². The second-order valence-corrected chi connectivity index (χ2v) is 5.88. The molecule has 0 aliphatic rings. The lowest BCUT2D eigenvalue weighted by molar-refractivity contribution is -0.121. The van der Waals surface area contributed by atoms with E-state index in [9.17, 15) is 9.90 Å². The fourth-order valence-electron chi connectivity index (χ4n) is 1.79. The van der Waals surface area contributed by atoms with E-state index in [0.29, 0.717) is 11.5 Å². The third-order valence-corrected chi connectivity index (χ3v) is 2.88. The van der Waals surface area contributed by atoms with Gasteiger partial charge in [0.25, 0.3) is 0 Å². The van der Waals surface area contributed by atoms with Crippen LogP contribution in [0.5, 0.6) is 0 Å². The molecule has 0 atom stereocenters. The number of pyridine rings is 1. The van der Waals surface area contributed by atoms with E-state index in [1.165, 1.54) is 0 Å². The molecule has 1 amide bonds. The summed E-state index contributed by atoms with van der Waals surface area (Å²) in [4.78, 5) is 25.5. The van der Waals surface area contributed by atoms with Gasteiger partial charge in [-0.1, -0.05) is 0 Å². The van der Waals surface area contributed by atoms with Gasteiger partial charge in [0.2, 0.25) is 5.91 Å². The quantitative estimate of drug-likeness (QED) is 0.744. The van der Waals surface area contributed by atoms with Crippen molar-refractivity contribution in [2.45, 2.75) is 25.9 Å². The van der Waals surface area contributed by atoms with Crippen LogP contribution in [0.15, 0.2) is 12.1 Å². The minimum absolute atomic E-state index is 0.129. The minimum Gasteiger partial charge on any atom is -0.389 e. The summed E-state index contributed by atoms with van der Waals surface area (Å²) in [7, 11) is 3.82. The zero-order valence-electron chi connectivity index (χ0n) is 12.8. The lowest BCUT2D eigenvalue weighted by Crippen LogP contribution is -2.38. The lowest BCUT2D eigenvalue weighted by Gasteiger charge is -2.17. The highest BCUT2D eigenvalue weighted by Gasteiger charge is 2.15. The summed E-state index contributed by atoms with van der Waals surface area (Å²) in [6.07, 6.45) is 0.129. The summed E-state index contributed by atoms with van der Waals surface area (Å²) in [5, 5.41) is 12.2. The SMILES string of the molecule is CN(C)c1ccc2[nH]c(CC(=O)NCC(C)(C)O)nc2n1. The number of aliphatic hydroxyl groups is 1. The Labute approximate surface area is 123 Å². The number of hydrogen-bond acceptors (Lipinski definition) is 5. The van der Waals surface area contributed by atoms with Crippen LogP contribution in [0.25, 0.3) is 11.2 Å². The average Bonchev–Trinajstić information content (AvgIpc) is 2.76. The van der Waals surface area contributed by atoms with Gasteiger partial charge in [-0.25, -0.2) is 9.97 Å². The van der Waals surface area contributed by atoms with E-state index in [1.807, 2.05) is 31.1 Å². The van der Waals surface area contributed by atoms with Crippen molar-refractivity contribution < 1.29 is 9.90 Å². The third-order valence-electron chi connectivity index (χ3n) is 2.88. The Balaban J connectivity index is 2.07. The van der Waals surface area contributed by atoms with Crippen LogP contribution in [-0.2, 0) is 11.2 Å². The van der Waals surface area contributed by atoms with Gasteiger partial charge in [-0.05, 0) is 26.0 Å². The normalized spacial score (nSPS) is 11.7. The average molecular weight is 291 g/mol. The van der Waals surface area contributed by atoms with Crippen molar-refractivity contribution in [1.29, 1.82) is 0 Å². The highest BCUT2D eigenvalue weighted by molar-refractivity contribution is 5.80. The Kier molecular flexibility index (Phi) is 4.13. The first-order chi connectivity index (χ1) is 9.74. The molecule has 0 fully saturated rings. The number of H-pyrrole nitrogens is 1. The Morgan fingerprint density at radius 2 is 2.10 bits per heavy atom. The van der Waals surface area contributed by atoms with Gasteiger partial charge in [0.1, 0.15) is 11.6 Å². The molecule has 2 rings (SSSR count). The molecule has 2 aromatic rings. The van der Waals surface area contributed by atoms with Crippen LogP contribution < -0.4 is 10.2 Å². The first-order valence-corrected chi connectivity index (χ1v) is 6.77. The van der Waals surface area contributed by atoms with Crippen molar-refractivity contribution in [3.63, 3.8) is 0 Å². The number of fused-ring (bicyclic) bond motifs is 1. The van der Waals surface area contributed by atoms with E-state index in [1.54, 1.807) is 13.8 Å². The summed E-state index contributed by atoms with van der Waals surface area (Å²) >= 11 is 0. The van der Waals surface area contributed by atoms with Crippen LogP contribution in [0.1, 0.15) is 19.7 Å². The topological polar surface area (TPSA) is 94.1 Å². The molecule has 2 aromatic heterocycles. The fraction of sp³-hybridized carbons (Fsp3) is 0.500. The second kappa shape index (κ2) is 5.69. The number of aromatic amines is 1. The van der Waals surface area contributed by atoms with E-state index in [4.69, 9.17) is 0 Å². The predicted octanol–water partition coefficient (Wildman–Crippen LogP) is 0.453. The van der Waals surface area contributed by atoms with E-state index >= 15 is 0 Å². The third kappa shape index (κ3) is 4.16. The molecule has 0 aromatic carbocycles. The van der Waals surface area contributed by atoms with Gasteiger partial charge in [0.05, 0.1) is 17.5 Å². The maximum atomic E-state index is 11.8. The second-order valence-electron chi connectivity index (χ2n) is 5.88. The number of imidazole rings is 1. The summed E-state index contributed by atoms with van der Waals surface area (Å²) < 4.78 is 0. The molecule has 0 saturated carbocycles. The largest absolute Gasteiger partial charge is 0.389 e. The Hall–Kier alpha value is -2.15. The van der Waals surface area contributed by atoms with Gasteiger partial charge in [-0.3, -0.25) is 4.79 Å². The number of amides is 1. The highest BCUT2D eigenvalue weighted by Crippen LogP contribution is 2.14. The number of anilines is 1. The molecule has 2 heterocycles. The molecule has 0 aliphatic carbocycles. The van der Waals surface area contributed by atoms with Crippen molar-refractivity contribution in [2.24, 2.45) is 0 Å². The molecule has 0 bridgehead atoms. The summed E-state index contributed by atoms with van der Waals surface area (Å²) in [5.74, 6) is 1.18. The van der Waals surface area contributed by atoms with E-state index in [0.717, 1.165) is 11.3 Å². The van der Waals surface area contributed by atoms with Crippen molar-refractivity contribution in [1.82, 2.24) is 20.3 Å². The Bertz CT molecular complexity index is 642. The number of rotatable bonds is 5. The molecule has 3 N–H and O–H groups in total. The summed E-state index contributed by atoms with van der Waals surface area (Å²) in [6.45, 7) is 3.48. The predicted molar refractivity (Wildman–Crippen MR) is 81.2 cm³/mol. The number of hydrogen-bond donors (Lipinski definition) is 3. The first-order valence-electron chi connectivity index (χ1n) is 6.77. The van der Waals surface area contributed by atoms with Crippen molar-refractivity contribution in [3.8, 4) is 0 Å². The summed E-state index contributed by atoms with van der Waals surface area (Å²) in [6, 6.07) is 3.78. The maximum Gasteiger partial charge on any atom is 0.227 e. The fourth-order valence-corrected chi connectivity index (χ4v) is 1.79. The smallest absolute Gasteiger partial charge is 0.227 e. The zero-order valence-corrected chi connectivity index (χ0v) is 12.8. The molecule has 0 spiro atoms. The van der Waals surface area contributed by atoms with Crippen LogP contribution in [0.4, 0.5) is 5.82 Å². The molecule has 0 aliphatic heterocycles. The van der Waals surface area contributed by atoms with Crippen LogP contribution in [0.2, 0.25) is 0 Å². The molecule has 0 saturated heterocycles. The van der Waals surface area contributed by atoms with Crippen molar-refractivity contribution >= 4 is 22.9 Å². The molecule has 7 heteroatoms. The van der Waals surface area contributed by atoms with Crippen LogP contribution in [0, 0.1) is 0 Å². The van der Waals surface area contributed by atoms with E-state index < -0.39 is 5.60 Å². The van der Waals surface area contributed by atoms with E-state index in [-0.39, 0.29) is 18.9 Å². The minimum atomic E-state index is -0.925. The molecular weight excluding hydrogens is 270 g/mol. The van der Waals surface area contributed by atoms with Crippen molar-refractivity contribution in [3.05, 3.63) is 18.0 Å². The lowest BCUT2D eigenvalue weighted by atomic mass is 10.1.